The first-order valence-corrected chi connectivity index (χ1v) is 7.92. The van der Waals surface area contributed by atoms with Crippen molar-refractivity contribution >= 4 is 17.7 Å². The Bertz CT molecular complexity index is 246. The lowest BCUT2D eigenvalue weighted by Gasteiger charge is -2.31. The summed E-state index contributed by atoms with van der Waals surface area (Å²) >= 11 is 1.87. The van der Waals surface area contributed by atoms with Crippen LogP contribution in [0.2, 0.25) is 0 Å². The van der Waals surface area contributed by atoms with Gasteiger partial charge in [-0.15, -0.1) is 0 Å². The molecular formula is C13H26N2OS. The van der Waals surface area contributed by atoms with Crippen LogP contribution in [0, 0.1) is 5.92 Å². The summed E-state index contributed by atoms with van der Waals surface area (Å²) in [5.74, 6) is 0.503. The minimum atomic E-state index is -0.348. The van der Waals surface area contributed by atoms with Crippen molar-refractivity contribution in [2.75, 3.05) is 6.26 Å². The van der Waals surface area contributed by atoms with Crippen molar-refractivity contribution in [3.63, 3.8) is 0 Å². The molecule has 1 fully saturated rings. The van der Waals surface area contributed by atoms with Crippen LogP contribution in [0.4, 0.5) is 0 Å². The molecule has 0 radical (unpaired) electrons. The third-order valence-corrected chi connectivity index (χ3v) is 4.56. The average Bonchev–Trinajstić information content (AvgIpc) is 2.28. The zero-order valence-electron chi connectivity index (χ0n) is 11.2. The molecule has 1 rings (SSSR count). The number of carbonyl (C=O) groups is 1. The van der Waals surface area contributed by atoms with Crippen LogP contribution < -0.4 is 11.1 Å². The van der Waals surface area contributed by atoms with Crippen LogP contribution in [0.25, 0.3) is 0 Å². The summed E-state index contributed by atoms with van der Waals surface area (Å²) in [6, 6.07) is -0.0242. The van der Waals surface area contributed by atoms with E-state index in [9.17, 15) is 4.79 Å². The van der Waals surface area contributed by atoms with E-state index in [-0.39, 0.29) is 11.9 Å². The largest absolute Gasteiger partial charge is 0.351 e. The van der Waals surface area contributed by atoms with Crippen LogP contribution in [-0.2, 0) is 4.79 Å². The molecule has 1 amide bonds. The van der Waals surface area contributed by atoms with Gasteiger partial charge in [0.15, 0.2) is 0 Å². The highest BCUT2D eigenvalue weighted by atomic mass is 32.2. The first-order chi connectivity index (χ1) is 8.04. The molecule has 17 heavy (non-hydrogen) atoms. The highest BCUT2D eigenvalue weighted by Crippen LogP contribution is 2.27. The minimum absolute atomic E-state index is 0.0321. The normalized spacial score (nSPS) is 26.9. The van der Waals surface area contributed by atoms with Gasteiger partial charge in [0.2, 0.25) is 5.91 Å². The summed E-state index contributed by atoms with van der Waals surface area (Å²) < 4.78 is 0. The van der Waals surface area contributed by atoms with Gasteiger partial charge in [-0.2, -0.15) is 11.8 Å². The van der Waals surface area contributed by atoms with Crippen molar-refractivity contribution in [3.05, 3.63) is 0 Å². The van der Waals surface area contributed by atoms with Crippen LogP contribution >= 0.6 is 11.8 Å². The summed E-state index contributed by atoms with van der Waals surface area (Å²) in [5.41, 5.74) is 5.90. The van der Waals surface area contributed by atoms with Crippen LogP contribution in [0.5, 0.6) is 0 Å². The van der Waals surface area contributed by atoms with E-state index in [4.69, 9.17) is 5.73 Å². The van der Waals surface area contributed by atoms with E-state index in [1.54, 1.807) is 0 Å². The molecule has 0 bridgehead atoms. The Kier molecular flexibility index (Phi) is 6.34. The van der Waals surface area contributed by atoms with Crippen LogP contribution in [-0.4, -0.2) is 29.5 Å². The first-order valence-electron chi connectivity index (χ1n) is 6.63. The van der Waals surface area contributed by atoms with E-state index < -0.39 is 0 Å². The van der Waals surface area contributed by atoms with Crippen molar-refractivity contribution in [2.45, 2.75) is 63.3 Å². The minimum Gasteiger partial charge on any atom is -0.351 e. The van der Waals surface area contributed by atoms with Gasteiger partial charge in [-0.3, -0.25) is 4.79 Å². The molecule has 3 N–H and O–H groups in total. The molecule has 0 saturated heterocycles. The molecule has 1 aliphatic rings. The Balaban J connectivity index is 2.43. The maximum absolute atomic E-state index is 12.0. The third kappa shape index (κ3) is 4.88. The predicted octanol–water partition coefficient (Wildman–Crippen LogP) is 2.15. The van der Waals surface area contributed by atoms with Gasteiger partial charge < -0.3 is 11.1 Å². The zero-order chi connectivity index (χ0) is 12.8. The monoisotopic (exact) mass is 258 g/mol. The van der Waals surface area contributed by atoms with Crippen molar-refractivity contribution in [3.8, 4) is 0 Å². The van der Waals surface area contributed by atoms with Gasteiger partial charge in [0, 0.05) is 11.3 Å². The summed E-state index contributed by atoms with van der Waals surface area (Å²) in [6.45, 7) is 4.19. The first kappa shape index (κ1) is 14.8. The fraction of sp³-hybridized carbons (Fsp3) is 0.923. The molecule has 1 saturated carbocycles. The second-order valence-corrected chi connectivity index (χ2v) is 6.49. The maximum Gasteiger partial charge on any atom is 0.237 e. The second-order valence-electron chi connectivity index (χ2n) is 5.41. The lowest BCUT2D eigenvalue weighted by atomic mass is 9.94. The van der Waals surface area contributed by atoms with E-state index in [2.05, 4.69) is 25.4 Å². The Morgan fingerprint density at radius 1 is 1.41 bits per heavy atom. The number of thioether (sulfide) groups is 1. The van der Waals surface area contributed by atoms with Crippen molar-refractivity contribution in [1.82, 2.24) is 5.32 Å². The van der Waals surface area contributed by atoms with Crippen molar-refractivity contribution < 1.29 is 4.79 Å². The second kappa shape index (κ2) is 7.27. The standard InChI is InChI=1S/C13H26N2OS/c1-9(2)8-10(14)13(16)15-11-6-4-5-7-12(11)17-3/h9-12H,4-8,14H2,1-3H3,(H,15,16). The highest BCUT2D eigenvalue weighted by molar-refractivity contribution is 7.99. The number of nitrogens with two attached hydrogens (primary N) is 1. The van der Waals surface area contributed by atoms with Crippen LogP contribution in [0.1, 0.15) is 46.0 Å². The molecule has 4 heteroatoms. The van der Waals surface area contributed by atoms with E-state index in [0.717, 1.165) is 12.8 Å². The zero-order valence-corrected chi connectivity index (χ0v) is 12.1. The summed E-state index contributed by atoms with van der Waals surface area (Å²) in [7, 11) is 0. The number of nitrogens with one attached hydrogen (secondary N) is 1. The number of hydrogen-bond donors (Lipinski definition) is 2. The fourth-order valence-corrected chi connectivity index (χ4v) is 3.38. The SMILES string of the molecule is CSC1CCCCC1NC(=O)C(N)CC(C)C. The van der Waals surface area contributed by atoms with E-state index in [1.165, 1.54) is 19.3 Å². The number of rotatable bonds is 5. The van der Waals surface area contributed by atoms with E-state index in [0.29, 0.717) is 17.2 Å². The highest BCUT2D eigenvalue weighted by Gasteiger charge is 2.27. The lowest BCUT2D eigenvalue weighted by Crippen LogP contribution is -2.50. The fourth-order valence-electron chi connectivity index (χ4n) is 2.45. The van der Waals surface area contributed by atoms with Crippen molar-refractivity contribution in [2.24, 2.45) is 11.7 Å². The van der Waals surface area contributed by atoms with Gasteiger partial charge >= 0.3 is 0 Å². The topological polar surface area (TPSA) is 55.1 Å². The molecule has 1 aliphatic carbocycles. The Labute approximate surface area is 109 Å². The molecule has 100 valence electrons. The molecule has 0 aromatic carbocycles. The molecule has 0 spiro atoms. The van der Waals surface area contributed by atoms with Gasteiger partial charge in [-0.25, -0.2) is 0 Å². The summed E-state index contributed by atoms with van der Waals surface area (Å²) in [4.78, 5) is 12.0. The quantitative estimate of drug-likeness (QED) is 0.794. The predicted molar refractivity (Wildman–Crippen MR) is 75.1 cm³/mol. The molecule has 0 aliphatic heterocycles. The molecule has 3 nitrogen and oxygen atoms in total. The Morgan fingerprint density at radius 3 is 2.65 bits per heavy atom. The molecular weight excluding hydrogens is 232 g/mol. The molecule has 0 heterocycles. The summed E-state index contributed by atoms with van der Waals surface area (Å²) in [6.07, 6.45) is 7.72. The number of carbonyl (C=O) groups excluding carboxylic acids is 1. The molecule has 3 unspecified atom stereocenters. The number of amides is 1. The number of hydrogen-bond acceptors (Lipinski definition) is 3. The van der Waals surface area contributed by atoms with Crippen LogP contribution in [0.3, 0.4) is 0 Å². The molecule has 0 aromatic rings. The van der Waals surface area contributed by atoms with Gasteiger partial charge in [-0.1, -0.05) is 26.7 Å². The Morgan fingerprint density at radius 2 is 2.06 bits per heavy atom. The van der Waals surface area contributed by atoms with Gasteiger partial charge in [0.25, 0.3) is 0 Å². The van der Waals surface area contributed by atoms with Gasteiger partial charge in [-0.05, 0) is 31.4 Å². The third-order valence-electron chi connectivity index (χ3n) is 3.40. The summed E-state index contributed by atoms with van der Waals surface area (Å²) in [5, 5.41) is 3.71. The van der Waals surface area contributed by atoms with Crippen LogP contribution in [0.15, 0.2) is 0 Å². The van der Waals surface area contributed by atoms with Gasteiger partial charge in [0.05, 0.1) is 6.04 Å². The molecule has 0 aromatic heterocycles. The van der Waals surface area contributed by atoms with E-state index in [1.807, 2.05) is 11.8 Å². The van der Waals surface area contributed by atoms with Gasteiger partial charge in [0.1, 0.15) is 0 Å². The van der Waals surface area contributed by atoms with E-state index >= 15 is 0 Å². The molecule has 3 atom stereocenters. The lowest BCUT2D eigenvalue weighted by molar-refractivity contribution is -0.123. The Hall–Kier alpha value is -0.220. The smallest absolute Gasteiger partial charge is 0.237 e. The average molecular weight is 258 g/mol. The van der Waals surface area contributed by atoms with Crippen molar-refractivity contribution in [1.29, 1.82) is 0 Å². The maximum atomic E-state index is 12.0.